The van der Waals surface area contributed by atoms with Gasteiger partial charge < -0.3 is 15.0 Å². The van der Waals surface area contributed by atoms with Crippen LogP contribution in [0.3, 0.4) is 0 Å². The summed E-state index contributed by atoms with van der Waals surface area (Å²) in [7, 11) is -4.27. The van der Waals surface area contributed by atoms with Gasteiger partial charge in [-0.25, -0.2) is 0 Å². The van der Waals surface area contributed by atoms with Gasteiger partial charge in [-0.2, -0.15) is 21.0 Å². The first-order valence-corrected chi connectivity index (χ1v) is 10.9. The van der Waals surface area contributed by atoms with Crippen LogP contribution in [0.5, 0.6) is 5.75 Å². The van der Waals surface area contributed by atoms with Crippen LogP contribution in [0.2, 0.25) is 5.02 Å². The molecule has 1 saturated heterocycles. The molecule has 1 aliphatic rings. The molecule has 0 aromatic heterocycles. The topological polar surface area (TPSA) is 61.9 Å². The maximum absolute atomic E-state index is 13.1. The van der Waals surface area contributed by atoms with Crippen molar-refractivity contribution in [3.05, 3.63) is 47.0 Å². The van der Waals surface area contributed by atoms with Crippen LogP contribution in [-0.2, 0) is 10.0 Å². The molecular weight excluding hydrogens is 447 g/mol. The van der Waals surface area contributed by atoms with Crippen molar-refractivity contribution in [2.24, 2.45) is 0 Å². The Morgan fingerprint density at radius 1 is 1.17 bits per heavy atom. The normalized spacial score (nSPS) is 14.9. The molecular formula is C18H19Cl2F2N3O3S. The van der Waals surface area contributed by atoms with Crippen molar-refractivity contribution < 1.29 is 21.9 Å². The first kappa shape index (κ1) is 21.9. The van der Waals surface area contributed by atoms with Gasteiger partial charge in [-0.3, -0.25) is 0 Å². The van der Waals surface area contributed by atoms with Crippen molar-refractivity contribution in [3.63, 3.8) is 0 Å². The molecule has 1 heterocycles. The van der Waals surface area contributed by atoms with Gasteiger partial charge in [-0.1, -0.05) is 17.7 Å². The van der Waals surface area contributed by atoms with E-state index in [1.165, 1.54) is 18.2 Å². The highest BCUT2D eigenvalue weighted by molar-refractivity contribution is 7.94. The zero-order valence-electron chi connectivity index (χ0n) is 15.4. The minimum absolute atomic E-state index is 0.0744. The molecule has 0 saturated carbocycles. The maximum Gasteiger partial charge on any atom is 0.387 e. The van der Waals surface area contributed by atoms with Crippen molar-refractivity contribution in [2.45, 2.75) is 18.4 Å². The van der Waals surface area contributed by atoms with E-state index in [0.29, 0.717) is 3.82 Å². The average Bonchev–Trinajstić information content (AvgIpc) is 2.69. The fourth-order valence-corrected chi connectivity index (χ4v) is 4.67. The second-order valence-corrected chi connectivity index (χ2v) is 9.16. The summed E-state index contributed by atoms with van der Waals surface area (Å²) in [5.74, 6) is -0.405. The predicted octanol–water partition coefficient (Wildman–Crippen LogP) is 4.01. The molecule has 0 unspecified atom stereocenters. The van der Waals surface area contributed by atoms with Crippen molar-refractivity contribution in [1.82, 2.24) is 5.32 Å². The van der Waals surface area contributed by atoms with Crippen molar-refractivity contribution in [2.75, 3.05) is 34.9 Å². The van der Waals surface area contributed by atoms with E-state index in [0.717, 1.165) is 49.6 Å². The lowest BCUT2D eigenvalue weighted by molar-refractivity contribution is -0.0493. The van der Waals surface area contributed by atoms with Crippen molar-refractivity contribution in [3.8, 4) is 5.75 Å². The zero-order valence-corrected chi connectivity index (χ0v) is 17.7. The average molecular weight is 466 g/mol. The summed E-state index contributed by atoms with van der Waals surface area (Å²) in [5.41, 5.74) is 1.38. The summed E-state index contributed by atoms with van der Waals surface area (Å²) in [6.45, 7) is 1.77. The second-order valence-electron chi connectivity index (χ2n) is 6.40. The predicted molar refractivity (Wildman–Crippen MR) is 110 cm³/mol. The van der Waals surface area contributed by atoms with Gasteiger partial charge in [-0.15, -0.1) is 0 Å². The number of alkyl halides is 2. The quantitative estimate of drug-likeness (QED) is 0.653. The third kappa shape index (κ3) is 4.85. The Hall–Kier alpha value is -1.81. The minimum Gasteiger partial charge on any atom is -0.433 e. The van der Waals surface area contributed by atoms with Crippen LogP contribution in [0.25, 0.3) is 0 Å². The van der Waals surface area contributed by atoms with Gasteiger partial charge in [0, 0.05) is 48.7 Å². The van der Waals surface area contributed by atoms with Crippen LogP contribution < -0.4 is 18.8 Å². The summed E-state index contributed by atoms with van der Waals surface area (Å²) < 4.78 is 56.4. The van der Waals surface area contributed by atoms with Crippen LogP contribution in [0, 0.1) is 6.92 Å². The Kier molecular flexibility index (Phi) is 6.72. The Morgan fingerprint density at radius 3 is 2.52 bits per heavy atom. The number of nitrogens with zero attached hydrogens (tertiary/aromatic N) is 2. The molecule has 11 heteroatoms. The molecule has 3 rings (SSSR count). The maximum atomic E-state index is 13.1. The number of hydrogen-bond donors (Lipinski definition) is 1. The van der Waals surface area contributed by atoms with Gasteiger partial charge in [0.05, 0.1) is 4.90 Å². The molecule has 0 bridgehead atoms. The van der Waals surface area contributed by atoms with Crippen LogP contribution in [0.15, 0.2) is 41.3 Å². The van der Waals surface area contributed by atoms with E-state index >= 15 is 0 Å². The smallest absolute Gasteiger partial charge is 0.387 e. The Morgan fingerprint density at radius 2 is 1.86 bits per heavy atom. The Labute approximate surface area is 178 Å². The number of hydrogen-bond acceptors (Lipinski definition) is 5. The number of halogens is 4. The number of ether oxygens (including phenoxy) is 1. The molecule has 1 N–H and O–H groups in total. The van der Waals surface area contributed by atoms with Crippen LogP contribution in [-0.4, -0.2) is 41.2 Å². The number of sulfonamides is 1. The SMILES string of the molecule is Cc1ccc(S(=O)(=O)N(Cl)c2cc(Cl)ccc2OC(F)F)cc1N1CCNCC1. The molecule has 0 aliphatic carbocycles. The van der Waals surface area contributed by atoms with Crippen LogP contribution >= 0.6 is 23.4 Å². The monoisotopic (exact) mass is 465 g/mol. The molecule has 2 aromatic carbocycles. The molecule has 0 amide bonds. The first-order chi connectivity index (χ1) is 13.7. The highest BCUT2D eigenvalue weighted by Gasteiger charge is 2.28. The number of nitrogens with one attached hydrogen (secondary N) is 1. The minimum atomic E-state index is -4.27. The highest BCUT2D eigenvalue weighted by atomic mass is 35.5. The van der Waals surface area contributed by atoms with E-state index in [1.54, 1.807) is 6.07 Å². The number of piperazine rings is 1. The fourth-order valence-electron chi connectivity index (χ4n) is 3.04. The summed E-state index contributed by atoms with van der Waals surface area (Å²) in [6, 6.07) is 8.22. The van der Waals surface area contributed by atoms with E-state index in [4.69, 9.17) is 23.4 Å². The molecule has 1 fully saturated rings. The van der Waals surface area contributed by atoms with Gasteiger partial charge in [0.1, 0.15) is 5.69 Å². The zero-order chi connectivity index (χ0) is 21.2. The van der Waals surface area contributed by atoms with Crippen molar-refractivity contribution >= 4 is 44.8 Å². The molecule has 0 spiro atoms. The number of aryl methyl sites for hydroxylation is 1. The lowest BCUT2D eigenvalue weighted by atomic mass is 10.1. The van der Waals surface area contributed by atoms with Crippen molar-refractivity contribution in [1.29, 1.82) is 0 Å². The molecule has 6 nitrogen and oxygen atoms in total. The third-order valence-corrected chi connectivity index (χ3v) is 6.90. The molecule has 29 heavy (non-hydrogen) atoms. The van der Waals surface area contributed by atoms with Crippen LogP contribution in [0.1, 0.15) is 5.56 Å². The summed E-state index contributed by atoms with van der Waals surface area (Å²) >= 11 is 12.0. The Balaban J connectivity index is 2.00. The number of anilines is 2. The number of rotatable bonds is 6. The first-order valence-electron chi connectivity index (χ1n) is 8.72. The van der Waals surface area contributed by atoms with Gasteiger partial charge in [0.15, 0.2) is 5.75 Å². The lowest BCUT2D eigenvalue weighted by Crippen LogP contribution is -2.43. The summed E-state index contributed by atoms with van der Waals surface area (Å²) in [5, 5.41) is 3.36. The molecule has 158 valence electrons. The van der Waals surface area contributed by atoms with Gasteiger partial charge in [-0.05, 0) is 42.8 Å². The van der Waals surface area contributed by atoms with Crippen LogP contribution in [0.4, 0.5) is 20.2 Å². The van der Waals surface area contributed by atoms with E-state index in [-0.39, 0.29) is 15.6 Å². The summed E-state index contributed by atoms with van der Waals surface area (Å²) in [6.07, 6.45) is 0. The molecule has 0 radical (unpaired) electrons. The largest absolute Gasteiger partial charge is 0.433 e. The molecule has 0 atom stereocenters. The fraction of sp³-hybridized carbons (Fsp3) is 0.333. The van der Waals surface area contributed by atoms with E-state index in [9.17, 15) is 17.2 Å². The standard InChI is InChI=1S/C18H19Cl2F2N3O3S/c1-12-2-4-14(11-15(12)24-8-6-23-7-9-24)29(26,27)25(20)16-10-13(19)3-5-17(16)28-18(21)22/h2-5,10-11,18,23H,6-9H2,1H3. The van der Waals surface area contributed by atoms with Gasteiger partial charge >= 0.3 is 6.61 Å². The van der Waals surface area contributed by atoms with E-state index in [2.05, 4.69) is 15.0 Å². The van der Waals surface area contributed by atoms with E-state index < -0.39 is 22.4 Å². The molecule has 2 aromatic rings. The summed E-state index contributed by atoms with van der Waals surface area (Å²) in [4.78, 5) is 2.00. The van der Waals surface area contributed by atoms with Gasteiger partial charge in [0.2, 0.25) is 0 Å². The van der Waals surface area contributed by atoms with E-state index in [1.807, 2.05) is 6.92 Å². The molecule has 1 aliphatic heterocycles. The third-order valence-electron chi connectivity index (χ3n) is 4.47. The van der Waals surface area contributed by atoms with Gasteiger partial charge in [0.25, 0.3) is 10.0 Å². The second kappa shape index (κ2) is 8.91. The lowest BCUT2D eigenvalue weighted by Gasteiger charge is -2.31. The highest BCUT2D eigenvalue weighted by Crippen LogP contribution is 2.38. The Bertz CT molecular complexity index is 986. The number of benzene rings is 2.